The number of nitrogens with zero attached hydrogens (tertiary/aromatic N) is 2. The van der Waals surface area contributed by atoms with Crippen LogP contribution in [0.3, 0.4) is 0 Å². The number of aryl methyl sites for hydroxylation is 1. The first-order chi connectivity index (χ1) is 18.5. The van der Waals surface area contributed by atoms with Crippen molar-refractivity contribution in [2.45, 2.75) is 44.7 Å². The zero-order valence-corrected chi connectivity index (χ0v) is 24.9. The third-order valence-electron chi connectivity index (χ3n) is 6.03. The van der Waals surface area contributed by atoms with E-state index in [0.717, 1.165) is 15.4 Å². The minimum Gasteiger partial charge on any atom is -0.355 e. The standard InChI is InChI=1S/C28H30Cl3N3O4S/c1-4-26(28(36)32-5-2)33(17-20-8-10-21(29)11-9-20)27(35)18-34(24-15-22(30)14-23(31)16-24)39(37,38)25-12-6-19(3)7-13-25/h6-16,26H,4-5,17-18H2,1-3H3,(H,32,36). The zero-order valence-electron chi connectivity index (χ0n) is 21.8. The quantitative estimate of drug-likeness (QED) is 0.285. The van der Waals surface area contributed by atoms with Crippen molar-refractivity contribution in [2.24, 2.45) is 0 Å². The van der Waals surface area contributed by atoms with Gasteiger partial charge in [0.1, 0.15) is 12.6 Å². The van der Waals surface area contributed by atoms with Crippen molar-refractivity contribution in [1.82, 2.24) is 10.2 Å². The SMILES string of the molecule is CCNC(=O)C(CC)N(Cc1ccc(Cl)cc1)C(=O)CN(c1cc(Cl)cc(Cl)c1)S(=O)(=O)c1ccc(C)cc1. The molecule has 0 spiro atoms. The van der Waals surface area contributed by atoms with Gasteiger partial charge in [0.05, 0.1) is 10.6 Å². The molecule has 11 heteroatoms. The van der Waals surface area contributed by atoms with Crippen LogP contribution in [0.1, 0.15) is 31.4 Å². The van der Waals surface area contributed by atoms with E-state index in [1.54, 1.807) is 50.2 Å². The van der Waals surface area contributed by atoms with Gasteiger partial charge in [0.15, 0.2) is 0 Å². The summed E-state index contributed by atoms with van der Waals surface area (Å²) < 4.78 is 28.7. The summed E-state index contributed by atoms with van der Waals surface area (Å²) in [4.78, 5) is 28.3. The van der Waals surface area contributed by atoms with Gasteiger partial charge in [0.25, 0.3) is 10.0 Å². The van der Waals surface area contributed by atoms with E-state index >= 15 is 0 Å². The van der Waals surface area contributed by atoms with Crippen LogP contribution in [-0.4, -0.2) is 44.3 Å². The predicted molar refractivity (Wildman–Crippen MR) is 157 cm³/mol. The lowest BCUT2D eigenvalue weighted by Crippen LogP contribution is -2.52. The second kappa shape index (κ2) is 13.5. The molecule has 208 valence electrons. The summed E-state index contributed by atoms with van der Waals surface area (Å²) in [7, 11) is -4.22. The molecule has 0 aliphatic rings. The number of benzene rings is 3. The Balaban J connectivity index is 2.09. The van der Waals surface area contributed by atoms with E-state index in [4.69, 9.17) is 34.8 Å². The van der Waals surface area contributed by atoms with Crippen LogP contribution in [0.2, 0.25) is 15.1 Å². The second-order valence-corrected chi connectivity index (χ2v) is 12.1. The van der Waals surface area contributed by atoms with Crippen molar-refractivity contribution >= 4 is 62.3 Å². The Morgan fingerprint density at radius 2 is 1.46 bits per heavy atom. The fourth-order valence-corrected chi connectivity index (χ4v) is 6.09. The maximum atomic E-state index is 14.0. The summed E-state index contributed by atoms with van der Waals surface area (Å²) >= 11 is 18.5. The number of sulfonamides is 1. The van der Waals surface area contributed by atoms with Crippen molar-refractivity contribution < 1.29 is 18.0 Å². The molecule has 0 aliphatic heterocycles. The topological polar surface area (TPSA) is 86.8 Å². The average molecular weight is 611 g/mol. The van der Waals surface area contributed by atoms with Crippen LogP contribution in [0.25, 0.3) is 0 Å². The van der Waals surface area contributed by atoms with Crippen molar-refractivity contribution in [1.29, 1.82) is 0 Å². The van der Waals surface area contributed by atoms with Gasteiger partial charge in [-0.15, -0.1) is 0 Å². The molecule has 3 aromatic rings. The van der Waals surface area contributed by atoms with E-state index in [0.29, 0.717) is 18.0 Å². The van der Waals surface area contributed by atoms with Crippen LogP contribution < -0.4 is 9.62 Å². The van der Waals surface area contributed by atoms with E-state index in [9.17, 15) is 18.0 Å². The molecule has 1 N–H and O–H groups in total. The molecule has 0 bridgehead atoms. The molecule has 7 nitrogen and oxygen atoms in total. The predicted octanol–water partition coefficient (Wildman–Crippen LogP) is 6.09. The molecule has 0 aromatic heterocycles. The highest BCUT2D eigenvalue weighted by Gasteiger charge is 2.33. The van der Waals surface area contributed by atoms with Crippen LogP contribution >= 0.6 is 34.8 Å². The second-order valence-electron chi connectivity index (χ2n) is 8.92. The number of carbonyl (C=O) groups excluding carboxylic acids is 2. The fraction of sp³-hybridized carbons (Fsp3) is 0.286. The molecule has 1 unspecified atom stereocenters. The summed E-state index contributed by atoms with van der Waals surface area (Å²) in [6, 6.07) is 16.7. The highest BCUT2D eigenvalue weighted by Crippen LogP contribution is 2.30. The normalized spacial score (nSPS) is 12.1. The van der Waals surface area contributed by atoms with Gasteiger partial charge >= 0.3 is 0 Å². The van der Waals surface area contributed by atoms with Gasteiger partial charge < -0.3 is 10.2 Å². The lowest BCUT2D eigenvalue weighted by atomic mass is 10.1. The molecule has 0 saturated heterocycles. The first kappa shape index (κ1) is 30.8. The lowest BCUT2D eigenvalue weighted by molar-refractivity contribution is -0.140. The number of halogens is 3. The Morgan fingerprint density at radius 1 is 0.872 bits per heavy atom. The Hall–Kier alpha value is -2.78. The van der Waals surface area contributed by atoms with E-state index in [1.165, 1.54) is 35.2 Å². The highest BCUT2D eigenvalue weighted by molar-refractivity contribution is 7.92. The van der Waals surface area contributed by atoms with Gasteiger partial charge in [-0.05, 0) is 68.3 Å². The van der Waals surface area contributed by atoms with Crippen molar-refractivity contribution in [3.05, 3.63) is 92.9 Å². The number of rotatable bonds is 11. The van der Waals surface area contributed by atoms with E-state index in [1.807, 2.05) is 6.92 Å². The highest BCUT2D eigenvalue weighted by atomic mass is 35.5. The van der Waals surface area contributed by atoms with Crippen molar-refractivity contribution in [3.8, 4) is 0 Å². The summed E-state index contributed by atoms with van der Waals surface area (Å²) in [5.41, 5.74) is 1.73. The molecule has 2 amide bonds. The molecule has 0 radical (unpaired) electrons. The number of likely N-dealkylation sites (N-methyl/N-ethyl adjacent to an activating group) is 1. The largest absolute Gasteiger partial charge is 0.355 e. The van der Waals surface area contributed by atoms with Gasteiger partial charge in [-0.1, -0.05) is 71.6 Å². The van der Waals surface area contributed by atoms with Crippen LogP contribution in [0.5, 0.6) is 0 Å². The molecule has 3 rings (SSSR count). The molecule has 0 fully saturated rings. The average Bonchev–Trinajstić information content (AvgIpc) is 2.88. The molecule has 39 heavy (non-hydrogen) atoms. The molecule has 1 atom stereocenters. The summed E-state index contributed by atoms with van der Waals surface area (Å²) in [6.07, 6.45) is 0.318. The maximum absolute atomic E-state index is 14.0. The number of nitrogens with one attached hydrogen (secondary N) is 1. The molecule has 0 saturated carbocycles. The fourth-order valence-electron chi connectivity index (χ4n) is 4.05. The Kier molecular flexibility index (Phi) is 10.7. The number of carbonyl (C=O) groups is 2. The molecule has 0 heterocycles. The van der Waals surface area contributed by atoms with Crippen LogP contribution in [-0.2, 0) is 26.2 Å². The Morgan fingerprint density at radius 3 is 2.00 bits per heavy atom. The zero-order chi connectivity index (χ0) is 28.7. The molecular weight excluding hydrogens is 581 g/mol. The first-order valence-electron chi connectivity index (χ1n) is 12.3. The van der Waals surface area contributed by atoms with Crippen molar-refractivity contribution in [3.63, 3.8) is 0 Å². The third-order valence-corrected chi connectivity index (χ3v) is 8.50. The maximum Gasteiger partial charge on any atom is 0.264 e. The van der Waals surface area contributed by atoms with Gasteiger partial charge in [-0.2, -0.15) is 0 Å². The monoisotopic (exact) mass is 609 g/mol. The van der Waals surface area contributed by atoms with Gasteiger partial charge in [0.2, 0.25) is 11.8 Å². The van der Waals surface area contributed by atoms with E-state index in [2.05, 4.69) is 5.32 Å². The van der Waals surface area contributed by atoms with Crippen LogP contribution in [0.4, 0.5) is 5.69 Å². The van der Waals surface area contributed by atoms with Gasteiger partial charge in [0, 0.05) is 28.2 Å². The number of hydrogen-bond donors (Lipinski definition) is 1. The Bertz CT molecular complexity index is 1390. The number of amides is 2. The summed E-state index contributed by atoms with van der Waals surface area (Å²) in [5.74, 6) is -0.907. The Labute approximate surface area is 244 Å². The van der Waals surface area contributed by atoms with Crippen LogP contribution in [0.15, 0.2) is 71.6 Å². The lowest BCUT2D eigenvalue weighted by Gasteiger charge is -2.33. The molecular formula is C28H30Cl3N3O4S. The van der Waals surface area contributed by atoms with Crippen LogP contribution in [0, 0.1) is 6.92 Å². The summed E-state index contributed by atoms with van der Waals surface area (Å²) in [5, 5.41) is 3.71. The van der Waals surface area contributed by atoms with Gasteiger partial charge in [-0.25, -0.2) is 8.42 Å². The molecule has 3 aromatic carbocycles. The number of anilines is 1. The van der Waals surface area contributed by atoms with E-state index < -0.39 is 28.5 Å². The third kappa shape index (κ3) is 7.88. The smallest absolute Gasteiger partial charge is 0.264 e. The summed E-state index contributed by atoms with van der Waals surface area (Å²) in [6.45, 7) is 5.29. The van der Waals surface area contributed by atoms with E-state index in [-0.39, 0.29) is 33.1 Å². The molecule has 0 aliphatic carbocycles. The van der Waals surface area contributed by atoms with Crippen molar-refractivity contribution in [2.75, 3.05) is 17.4 Å². The van der Waals surface area contributed by atoms with Gasteiger partial charge in [-0.3, -0.25) is 13.9 Å². The number of hydrogen-bond acceptors (Lipinski definition) is 4. The minimum absolute atomic E-state index is 0.00276. The minimum atomic E-state index is -4.22. The first-order valence-corrected chi connectivity index (χ1v) is 14.9.